The Morgan fingerprint density at radius 2 is 1.89 bits per heavy atom. The van der Waals surface area contributed by atoms with Crippen molar-refractivity contribution in [1.29, 1.82) is 0 Å². The molecule has 0 atom stereocenters. The number of hydrogen-bond donors (Lipinski definition) is 2. The van der Waals surface area contributed by atoms with Crippen molar-refractivity contribution in [3.05, 3.63) is 29.8 Å². The monoisotopic (exact) mass is 275 g/mol. The predicted octanol–water partition coefficient (Wildman–Crippen LogP) is 2.11. The summed E-state index contributed by atoms with van der Waals surface area (Å²) in [6, 6.07) is 3.27. The molecule has 0 spiro atoms. The molecule has 0 aliphatic carbocycles. The number of amides is 1. The molecule has 0 saturated carbocycles. The largest absolute Gasteiger partial charge is 0.481 e. The van der Waals surface area contributed by atoms with Crippen LogP contribution in [0.25, 0.3) is 0 Å². The molecule has 2 N–H and O–H groups in total. The summed E-state index contributed by atoms with van der Waals surface area (Å²) in [5, 5.41) is 10.5. The first-order valence-corrected chi connectivity index (χ1v) is 6.19. The zero-order valence-electron chi connectivity index (χ0n) is 9.28. The highest BCUT2D eigenvalue weighted by molar-refractivity contribution is 7.99. The minimum Gasteiger partial charge on any atom is -0.481 e. The number of para-hydroxylation sites is 1. The van der Waals surface area contributed by atoms with Crippen molar-refractivity contribution < 1.29 is 23.5 Å². The number of hydrogen-bond acceptors (Lipinski definition) is 3. The summed E-state index contributed by atoms with van der Waals surface area (Å²) in [6.45, 7) is 0. The lowest BCUT2D eigenvalue weighted by Crippen LogP contribution is -2.16. The summed E-state index contributed by atoms with van der Waals surface area (Å²) >= 11 is 1.08. The van der Waals surface area contributed by atoms with E-state index in [0.717, 1.165) is 23.9 Å². The number of aliphatic carboxylic acids is 1. The lowest BCUT2D eigenvalue weighted by atomic mass is 10.3. The highest BCUT2D eigenvalue weighted by Gasteiger charge is 2.11. The molecule has 4 nitrogen and oxygen atoms in total. The van der Waals surface area contributed by atoms with Gasteiger partial charge in [-0.2, -0.15) is 11.8 Å². The normalized spacial score (nSPS) is 10.1. The van der Waals surface area contributed by atoms with Crippen LogP contribution in [0.5, 0.6) is 0 Å². The summed E-state index contributed by atoms with van der Waals surface area (Å²) in [6.07, 6.45) is -0.0635. The molecule has 0 unspecified atom stereocenters. The molecule has 98 valence electrons. The van der Waals surface area contributed by atoms with E-state index in [-0.39, 0.29) is 17.9 Å². The molecule has 1 rings (SSSR count). The van der Waals surface area contributed by atoms with Crippen LogP contribution in [0, 0.1) is 11.6 Å². The Bertz CT molecular complexity index is 434. The number of halogens is 2. The van der Waals surface area contributed by atoms with E-state index in [1.807, 2.05) is 0 Å². The fourth-order valence-electron chi connectivity index (χ4n) is 1.12. The van der Waals surface area contributed by atoms with Crippen molar-refractivity contribution in [3.63, 3.8) is 0 Å². The third-order valence-electron chi connectivity index (χ3n) is 1.92. The molecular formula is C11H11F2NO3S. The van der Waals surface area contributed by atoms with Gasteiger partial charge in [0, 0.05) is 5.75 Å². The Kier molecular flexibility index (Phi) is 5.57. The van der Waals surface area contributed by atoms with Gasteiger partial charge in [0.2, 0.25) is 5.91 Å². The molecule has 0 fully saturated rings. The zero-order chi connectivity index (χ0) is 13.5. The number of carboxylic acid groups (broad SMARTS) is 1. The molecule has 0 aliphatic heterocycles. The lowest BCUT2D eigenvalue weighted by molar-refractivity contribution is -0.136. The lowest BCUT2D eigenvalue weighted by Gasteiger charge is -2.06. The molecule has 0 bridgehead atoms. The maximum atomic E-state index is 13.2. The van der Waals surface area contributed by atoms with E-state index >= 15 is 0 Å². The van der Waals surface area contributed by atoms with Gasteiger partial charge in [-0.3, -0.25) is 9.59 Å². The summed E-state index contributed by atoms with van der Waals surface area (Å²) < 4.78 is 26.3. The molecule has 1 amide bonds. The Labute approximate surface area is 106 Å². The highest BCUT2D eigenvalue weighted by Crippen LogP contribution is 2.18. The fourth-order valence-corrected chi connectivity index (χ4v) is 1.84. The highest BCUT2D eigenvalue weighted by atomic mass is 32.2. The summed E-state index contributed by atoms with van der Waals surface area (Å²) in [5.41, 5.74) is -0.485. The second kappa shape index (κ2) is 6.95. The summed E-state index contributed by atoms with van der Waals surface area (Å²) in [7, 11) is 0. The van der Waals surface area contributed by atoms with Crippen LogP contribution in [0.2, 0.25) is 0 Å². The topological polar surface area (TPSA) is 66.4 Å². The second-order valence-corrected chi connectivity index (χ2v) is 4.45. The predicted molar refractivity (Wildman–Crippen MR) is 64.6 cm³/mol. The molecular weight excluding hydrogens is 264 g/mol. The number of carboxylic acids is 1. The van der Waals surface area contributed by atoms with Crippen LogP contribution < -0.4 is 5.32 Å². The van der Waals surface area contributed by atoms with Gasteiger partial charge in [-0.25, -0.2) is 8.78 Å². The number of anilines is 1. The zero-order valence-corrected chi connectivity index (χ0v) is 10.1. The third kappa shape index (κ3) is 4.70. The van der Waals surface area contributed by atoms with Crippen molar-refractivity contribution in [2.24, 2.45) is 0 Å². The van der Waals surface area contributed by atoms with E-state index in [1.165, 1.54) is 6.07 Å². The Morgan fingerprint density at radius 1 is 1.28 bits per heavy atom. The van der Waals surface area contributed by atoms with Crippen molar-refractivity contribution >= 4 is 29.3 Å². The van der Waals surface area contributed by atoms with Crippen molar-refractivity contribution in [3.8, 4) is 0 Å². The average molecular weight is 275 g/mol. The first-order chi connectivity index (χ1) is 8.50. The van der Waals surface area contributed by atoms with Gasteiger partial charge in [0.25, 0.3) is 0 Å². The molecule has 7 heteroatoms. The van der Waals surface area contributed by atoms with Gasteiger partial charge in [-0.1, -0.05) is 6.07 Å². The van der Waals surface area contributed by atoms with Gasteiger partial charge in [-0.05, 0) is 12.1 Å². The van der Waals surface area contributed by atoms with E-state index in [2.05, 4.69) is 5.32 Å². The SMILES string of the molecule is O=C(O)CCSCC(=O)Nc1c(F)cccc1F. The van der Waals surface area contributed by atoms with Gasteiger partial charge in [-0.15, -0.1) is 0 Å². The van der Waals surface area contributed by atoms with Gasteiger partial charge >= 0.3 is 5.97 Å². The number of thioether (sulfide) groups is 1. The second-order valence-electron chi connectivity index (χ2n) is 3.34. The Morgan fingerprint density at radius 3 is 2.44 bits per heavy atom. The van der Waals surface area contributed by atoms with Crippen LogP contribution in [0.4, 0.5) is 14.5 Å². The summed E-state index contributed by atoms with van der Waals surface area (Å²) in [4.78, 5) is 21.6. The van der Waals surface area contributed by atoms with Gasteiger partial charge in [0.05, 0.1) is 12.2 Å². The van der Waals surface area contributed by atoms with Crippen molar-refractivity contribution in [1.82, 2.24) is 0 Å². The van der Waals surface area contributed by atoms with Crippen LogP contribution in [0.3, 0.4) is 0 Å². The molecule has 0 heterocycles. The summed E-state index contributed by atoms with van der Waals surface area (Å²) in [5.74, 6) is -3.01. The smallest absolute Gasteiger partial charge is 0.304 e. The molecule has 1 aromatic rings. The molecule has 18 heavy (non-hydrogen) atoms. The van der Waals surface area contributed by atoms with Crippen LogP contribution in [0.1, 0.15) is 6.42 Å². The molecule has 0 aromatic heterocycles. The van der Waals surface area contributed by atoms with Gasteiger partial charge in [0.15, 0.2) is 0 Å². The molecule has 0 aliphatic rings. The minimum atomic E-state index is -0.956. The van der Waals surface area contributed by atoms with E-state index in [1.54, 1.807) is 0 Å². The average Bonchev–Trinajstić information content (AvgIpc) is 2.29. The molecule has 0 saturated heterocycles. The number of nitrogens with one attached hydrogen (secondary N) is 1. The molecule has 0 radical (unpaired) electrons. The van der Waals surface area contributed by atoms with Gasteiger partial charge < -0.3 is 10.4 Å². The van der Waals surface area contributed by atoms with Crippen molar-refractivity contribution in [2.45, 2.75) is 6.42 Å². The third-order valence-corrected chi connectivity index (χ3v) is 2.88. The first kappa shape index (κ1) is 14.4. The Balaban J connectivity index is 2.43. The maximum Gasteiger partial charge on any atom is 0.304 e. The Hall–Kier alpha value is -1.63. The van der Waals surface area contributed by atoms with E-state index < -0.39 is 29.2 Å². The number of carbonyl (C=O) groups excluding carboxylic acids is 1. The van der Waals surface area contributed by atoms with E-state index in [0.29, 0.717) is 0 Å². The standard InChI is InChI=1S/C11H11F2NO3S/c12-7-2-1-3-8(13)11(7)14-9(15)6-18-5-4-10(16)17/h1-3H,4-6H2,(H,14,15)(H,16,17). The first-order valence-electron chi connectivity index (χ1n) is 5.04. The van der Waals surface area contributed by atoms with E-state index in [4.69, 9.17) is 5.11 Å². The molecule has 1 aromatic carbocycles. The van der Waals surface area contributed by atoms with Crippen molar-refractivity contribution in [2.75, 3.05) is 16.8 Å². The van der Waals surface area contributed by atoms with Crippen LogP contribution in [-0.4, -0.2) is 28.5 Å². The maximum absolute atomic E-state index is 13.2. The van der Waals surface area contributed by atoms with E-state index in [9.17, 15) is 18.4 Å². The number of carbonyl (C=O) groups is 2. The van der Waals surface area contributed by atoms with Gasteiger partial charge in [0.1, 0.15) is 17.3 Å². The quantitative estimate of drug-likeness (QED) is 0.780. The number of rotatable bonds is 6. The van der Waals surface area contributed by atoms with Crippen LogP contribution in [0.15, 0.2) is 18.2 Å². The minimum absolute atomic E-state index is 0.0545. The number of benzene rings is 1. The van der Waals surface area contributed by atoms with Crippen LogP contribution in [-0.2, 0) is 9.59 Å². The van der Waals surface area contributed by atoms with Crippen LogP contribution >= 0.6 is 11.8 Å². The fraction of sp³-hybridized carbons (Fsp3) is 0.273.